The number of rotatable bonds is 0. The Kier molecular flexibility index (Phi) is 1.65. The molecule has 72 valence electrons. The maximum absolute atomic E-state index is 5.40. The fraction of sp³-hybridized carbons (Fsp3) is 0.273. The van der Waals surface area contributed by atoms with Crippen LogP contribution in [0.2, 0.25) is 0 Å². The molecule has 0 aromatic heterocycles. The van der Waals surface area contributed by atoms with Crippen molar-refractivity contribution >= 4 is 22.0 Å². The second kappa shape index (κ2) is 2.76. The summed E-state index contributed by atoms with van der Waals surface area (Å²) in [7, 11) is 0. The molecule has 2 aliphatic rings. The van der Waals surface area contributed by atoms with Crippen molar-refractivity contribution in [3.63, 3.8) is 0 Å². The zero-order valence-corrected chi connectivity index (χ0v) is 9.35. The van der Waals surface area contributed by atoms with Crippen LogP contribution in [-0.4, -0.2) is 6.79 Å². The summed E-state index contributed by atoms with van der Waals surface area (Å²) in [5.41, 5.74) is 3.94. The van der Waals surface area contributed by atoms with Crippen LogP contribution in [0.4, 0.5) is 0 Å². The average Bonchev–Trinajstić information content (AvgIpc) is 2.71. The van der Waals surface area contributed by atoms with Crippen molar-refractivity contribution in [3.8, 4) is 11.5 Å². The molecule has 0 N–H and O–H groups in total. The predicted molar refractivity (Wildman–Crippen MR) is 57.6 cm³/mol. The van der Waals surface area contributed by atoms with Crippen molar-refractivity contribution in [2.45, 2.75) is 13.3 Å². The third kappa shape index (κ3) is 1.02. The van der Waals surface area contributed by atoms with Crippen LogP contribution in [-0.2, 0) is 6.42 Å². The molecule has 2 nitrogen and oxygen atoms in total. The van der Waals surface area contributed by atoms with Crippen molar-refractivity contribution in [2.75, 3.05) is 6.79 Å². The molecule has 0 bridgehead atoms. The molecule has 3 rings (SSSR count). The van der Waals surface area contributed by atoms with Crippen LogP contribution in [0.1, 0.15) is 18.1 Å². The molecule has 0 saturated heterocycles. The van der Waals surface area contributed by atoms with Gasteiger partial charge >= 0.3 is 0 Å². The number of halogens is 1. The molecule has 3 heteroatoms. The Morgan fingerprint density at radius 1 is 1.36 bits per heavy atom. The van der Waals surface area contributed by atoms with Gasteiger partial charge in [-0.25, -0.2) is 0 Å². The van der Waals surface area contributed by atoms with Crippen LogP contribution in [0, 0.1) is 0 Å². The fourth-order valence-corrected chi connectivity index (χ4v) is 2.64. The van der Waals surface area contributed by atoms with Gasteiger partial charge in [0, 0.05) is 0 Å². The number of hydrogen-bond donors (Lipinski definition) is 0. The summed E-state index contributed by atoms with van der Waals surface area (Å²) >= 11 is 3.57. The van der Waals surface area contributed by atoms with Crippen molar-refractivity contribution in [1.29, 1.82) is 0 Å². The lowest BCUT2D eigenvalue weighted by atomic mass is 10.1. The second-order valence-electron chi connectivity index (χ2n) is 3.66. The van der Waals surface area contributed by atoms with E-state index in [1.54, 1.807) is 0 Å². The van der Waals surface area contributed by atoms with E-state index in [0.29, 0.717) is 6.79 Å². The van der Waals surface area contributed by atoms with Gasteiger partial charge in [0.25, 0.3) is 0 Å². The molecule has 0 radical (unpaired) electrons. The van der Waals surface area contributed by atoms with Crippen molar-refractivity contribution in [2.24, 2.45) is 0 Å². The van der Waals surface area contributed by atoms with Gasteiger partial charge in [0.05, 0.1) is 4.47 Å². The van der Waals surface area contributed by atoms with Crippen LogP contribution in [0.25, 0.3) is 6.08 Å². The van der Waals surface area contributed by atoms with Crippen LogP contribution < -0.4 is 9.47 Å². The van der Waals surface area contributed by atoms with Gasteiger partial charge in [-0.05, 0) is 46.5 Å². The highest BCUT2D eigenvalue weighted by atomic mass is 79.9. The standard InChI is InChI=1S/C11H9BrO2/c1-6-2-7-4-9-11(14-5-13-9)10(12)8(7)3-6/h2,4H,3,5H2,1H3. The maximum Gasteiger partial charge on any atom is 0.231 e. The highest BCUT2D eigenvalue weighted by Crippen LogP contribution is 2.45. The van der Waals surface area contributed by atoms with E-state index in [9.17, 15) is 0 Å². The highest BCUT2D eigenvalue weighted by molar-refractivity contribution is 9.10. The van der Waals surface area contributed by atoms with Crippen LogP contribution in [0.5, 0.6) is 11.5 Å². The van der Waals surface area contributed by atoms with Crippen LogP contribution >= 0.6 is 15.9 Å². The van der Waals surface area contributed by atoms with Gasteiger partial charge in [0.1, 0.15) is 0 Å². The lowest BCUT2D eigenvalue weighted by Crippen LogP contribution is -1.93. The summed E-state index contributed by atoms with van der Waals surface area (Å²) in [6.07, 6.45) is 3.20. The first-order valence-corrected chi connectivity index (χ1v) is 5.33. The third-order valence-corrected chi connectivity index (χ3v) is 3.44. The molecule has 0 amide bonds. The zero-order chi connectivity index (χ0) is 9.71. The Labute approximate surface area is 90.6 Å². The number of allylic oxidation sites excluding steroid dienone is 1. The van der Waals surface area contributed by atoms with Crippen LogP contribution in [0.15, 0.2) is 16.1 Å². The third-order valence-electron chi connectivity index (χ3n) is 2.60. The summed E-state index contributed by atoms with van der Waals surface area (Å²) in [6, 6.07) is 2.05. The Morgan fingerprint density at radius 3 is 3.07 bits per heavy atom. The summed E-state index contributed by atoms with van der Waals surface area (Å²) in [5.74, 6) is 1.70. The maximum atomic E-state index is 5.40. The van der Waals surface area contributed by atoms with Crippen LogP contribution in [0.3, 0.4) is 0 Å². The van der Waals surface area contributed by atoms with E-state index in [2.05, 4.69) is 35.0 Å². The van der Waals surface area contributed by atoms with E-state index < -0.39 is 0 Å². The molecular weight excluding hydrogens is 244 g/mol. The lowest BCUT2D eigenvalue weighted by Gasteiger charge is -2.05. The summed E-state index contributed by atoms with van der Waals surface area (Å²) in [4.78, 5) is 0. The number of fused-ring (bicyclic) bond motifs is 2. The van der Waals surface area contributed by atoms with Crippen molar-refractivity contribution < 1.29 is 9.47 Å². The Bertz CT molecular complexity index is 449. The van der Waals surface area contributed by atoms with Gasteiger partial charge < -0.3 is 9.47 Å². The molecule has 0 unspecified atom stereocenters. The van der Waals surface area contributed by atoms with Gasteiger partial charge in [-0.15, -0.1) is 0 Å². The molecule has 0 atom stereocenters. The van der Waals surface area contributed by atoms with E-state index >= 15 is 0 Å². The topological polar surface area (TPSA) is 18.5 Å². The quantitative estimate of drug-likeness (QED) is 0.707. The molecule has 14 heavy (non-hydrogen) atoms. The highest BCUT2D eigenvalue weighted by Gasteiger charge is 2.24. The summed E-state index contributed by atoms with van der Waals surface area (Å²) in [5, 5.41) is 0. The predicted octanol–water partition coefficient (Wildman–Crippen LogP) is 3.14. The van der Waals surface area contributed by atoms with Crippen molar-refractivity contribution in [1.82, 2.24) is 0 Å². The molecule has 1 heterocycles. The largest absolute Gasteiger partial charge is 0.454 e. The average molecular weight is 253 g/mol. The van der Waals surface area contributed by atoms with E-state index in [0.717, 1.165) is 22.4 Å². The van der Waals surface area contributed by atoms with E-state index in [4.69, 9.17) is 9.47 Å². The molecule has 1 aliphatic heterocycles. The zero-order valence-electron chi connectivity index (χ0n) is 7.76. The molecule has 1 aliphatic carbocycles. The normalized spacial score (nSPS) is 16.9. The number of benzene rings is 1. The molecular formula is C11H9BrO2. The number of hydrogen-bond acceptors (Lipinski definition) is 2. The number of ether oxygens (including phenoxy) is 2. The minimum Gasteiger partial charge on any atom is -0.454 e. The van der Waals surface area contributed by atoms with Gasteiger partial charge in [-0.2, -0.15) is 0 Å². The fourth-order valence-electron chi connectivity index (χ4n) is 1.96. The Morgan fingerprint density at radius 2 is 2.21 bits per heavy atom. The monoisotopic (exact) mass is 252 g/mol. The first kappa shape index (κ1) is 8.36. The first-order valence-electron chi connectivity index (χ1n) is 4.54. The lowest BCUT2D eigenvalue weighted by molar-refractivity contribution is 0.173. The summed E-state index contributed by atoms with van der Waals surface area (Å²) < 4.78 is 11.8. The minimum atomic E-state index is 0.333. The smallest absolute Gasteiger partial charge is 0.231 e. The van der Waals surface area contributed by atoms with E-state index in [-0.39, 0.29) is 0 Å². The van der Waals surface area contributed by atoms with E-state index in [1.807, 2.05) is 0 Å². The van der Waals surface area contributed by atoms with Gasteiger partial charge in [-0.1, -0.05) is 11.6 Å². The SMILES string of the molecule is CC1=Cc2cc3c(c(Br)c2C1)OCO3. The molecule has 0 saturated carbocycles. The Hall–Kier alpha value is -0.960. The first-order chi connectivity index (χ1) is 6.75. The van der Waals surface area contributed by atoms with Gasteiger partial charge in [0.15, 0.2) is 11.5 Å². The Balaban J connectivity index is 2.25. The van der Waals surface area contributed by atoms with Gasteiger partial charge in [0.2, 0.25) is 6.79 Å². The van der Waals surface area contributed by atoms with Crippen molar-refractivity contribution in [3.05, 3.63) is 27.2 Å². The summed E-state index contributed by atoms with van der Waals surface area (Å²) in [6.45, 7) is 2.47. The molecule has 1 aromatic rings. The second-order valence-corrected chi connectivity index (χ2v) is 4.45. The molecule has 0 spiro atoms. The minimum absolute atomic E-state index is 0.333. The van der Waals surface area contributed by atoms with E-state index in [1.165, 1.54) is 16.7 Å². The van der Waals surface area contributed by atoms with Gasteiger partial charge in [-0.3, -0.25) is 0 Å². The molecule has 0 fully saturated rings. The molecule has 1 aromatic carbocycles.